The number of ether oxygens (including phenoxy) is 3. The predicted molar refractivity (Wildman–Crippen MR) is 121 cm³/mol. The number of fused-ring (bicyclic) bond motifs is 1. The molecule has 0 spiro atoms. The Bertz CT molecular complexity index is 1180. The number of hydrogen-bond donors (Lipinski definition) is 1. The number of nitrogens with one attached hydrogen (secondary N) is 1. The molecule has 152 valence electrons. The SMILES string of the molecule is COc1ccccc1COc1ccc(Nc2ncnc3ccc(Br)cc23)cc1OC. The zero-order valence-corrected chi connectivity index (χ0v) is 18.1. The molecular formula is C23H20BrN3O3. The maximum Gasteiger partial charge on any atom is 0.162 e. The number of halogens is 1. The van der Waals surface area contributed by atoms with Gasteiger partial charge in [-0.05, 0) is 36.4 Å². The van der Waals surface area contributed by atoms with Crippen LogP contribution in [0.1, 0.15) is 5.56 Å². The summed E-state index contributed by atoms with van der Waals surface area (Å²) in [7, 11) is 3.27. The molecule has 1 heterocycles. The zero-order chi connectivity index (χ0) is 20.9. The van der Waals surface area contributed by atoms with Gasteiger partial charge in [0.05, 0.1) is 19.7 Å². The lowest BCUT2D eigenvalue weighted by Crippen LogP contribution is -2.01. The van der Waals surface area contributed by atoms with E-state index in [-0.39, 0.29) is 0 Å². The van der Waals surface area contributed by atoms with Crippen LogP contribution in [0.2, 0.25) is 0 Å². The molecule has 0 bridgehead atoms. The van der Waals surface area contributed by atoms with E-state index in [2.05, 4.69) is 31.2 Å². The first-order valence-corrected chi connectivity index (χ1v) is 10.1. The monoisotopic (exact) mass is 465 g/mol. The fraction of sp³-hybridized carbons (Fsp3) is 0.130. The Labute approximate surface area is 183 Å². The first-order chi connectivity index (χ1) is 14.7. The van der Waals surface area contributed by atoms with Crippen LogP contribution in [0.3, 0.4) is 0 Å². The third-order valence-corrected chi connectivity index (χ3v) is 5.09. The minimum atomic E-state index is 0.373. The Hall–Kier alpha value is -3.32. The van der Waals surface area contributed by atoms with E-state index < -0.39 is 0 Å². The average Bonchev–Trinajstić information content (AvgIpc) is 2.78. The van der Waals surface area contributed by atoms with E-state index in [0.29, 0.717) is 23.9 Å². The molecule has 0 atom stereocenters. The lowest BCUT2D eigenvalue weighted by molar-refractivity contribution is 0.278. The first-order valence-electron chi connectivity index (χ1n) is 9.28. The molecular weight excluding hydrogens is 446 g/mol. The number of anilines is 2. The van der Waals surface area contributed by atoms with Crippen LogP contribution >= 0.6 is 15.9 Å². The number of hydrogen-bond acceptors (Lipinski definition) is 6. The largest absolute Gasteiger partial charge is 0.496 e. The molecule has 0 aliphatic carbocycles. The van der Waals surface area contributed by atoms with Crippen LogP contribution in [0, 0.1) is 0 Å². The molecule has 0 unspecified atom stereocenters. The molecule has 0 saturated heterocycles. The standard InChI is InChI=1S/C23H20BrN3O3/c1-28-20-6-4-3-5-15(20)13-30-21-10-8-17(12-22(21)29-2)27-23-18-11-16(24)7-9-19(18)25-14-26-23/h3-12,14H,13H2,1-2H3,(H,25,26,27). The van der Waals surface area contributed by atoms with Crippen molar-refractivity contribution in [3.05, 3.63) is 77.0 Å². The van der Waals surface area contributed by atoms with Crippen molar-refractivity contribution in [1.29, 1.82) is 0 Å². The molecule has 1 aromatic heterocycles. The summed E-state index contributed by atoms with van der Waals surface area (Å²) in [6.07, 6.45) is 1.54. The highest BCUT2D eigenvalue weighted by molar-refractivity contribution is 9.10. The third-order valence-electron chi connectivity index (χ3n) is 4.60. The summed E-state index contributed by atoms with van der Waals surface area (Å²) in [5.74, 6) is 2.77. The lowest BCUT2D eigenvalue weighted by Gasteiger charge is -2.15. The van der Waals surface area contributed by atoms with Crippen molar-refractivity contribution in [3.8, 4) is 17.2 Å². The van der Waals surface area contributed by atoms with E-state index in [0.717, 1.165) is 32.4 Å². The molecule has 30 heavy (non-hydrogen) atoms. The summed E-state index contributed by atoms with van der Waals surface area (Å²) in [6.45, 7) is 0.373. The molecule has 7 heteroatoms. The Morgan fingerprint density at radius 1 is 0.867 bits per heavy atom. The van der Waals surface area contributed by atoms with Gasteiger partial charge in [-0.1, -0.05) is 34.1 Å². The molecule has 1 N–H and O–H groups in total. The number of rotatable bonds is 7. The van der Waals surface area contributed by atoms with Crippen LogP contribution < -0.4 is 19.5 Å². The Kier molecular flexibility index (Phi) is 5.99. The zero-order valence-electron chi connectivity index (χ0n) is 16.6. The van der Waals surface area contributed by atoms with Gasteiger partial charge in [0, 0.05) is 27.2 Å². The van der Waals surface area contributed by atoms with Crippen molar-refractivity contribution in [2.45, 2.75) is 6.61 Å². The van der Waals surface area contributed by atoms with Gasteiger partial charge in [0.1, 0.15) is 24.5 Å². The van der Waals surface area contributed by atoms with Crippen LogP contribution in [-0.4, -0.2) is 24.2 Å². The smallest absolute Gasteiger partial charge is 0.162 e. The quantitative estimate of drug-likeness (QED) is 0.375. The minimum absolute atomic E-state index is 0.373. The molecule has 4 aromatic rings. The van der Waals surface area contributed by atoms with Crippen LogP contribution in [0.15, 0.2) is 71.5 Å². The Balaban J connectivity index is 1.56. The van der Waals surface area contributed by atoms with Crippen molar-refractivity contribution in [1.82, 2.24) is 9.97 Å². The van der Waals surface area contributed by atoms with Crippen molar-refractivity contribution in [2.24, 2.45) is 0 Å². The number of para-hydroxylation sites is 1. The first kappa shape index (κ1) is 20.0. The topological polar surface area (TPSA) is 65.5 Å². The van der Waals surface area contributed by atoms with E-state index in [9.17, 15) is 0 Å². The summed E-state index contributed by atoms with van der Waals surface area (Å²) >= 11 is 3.50. The summed E-state index contributed by atoms with van der Waals surface area (Å²) in [6, 6.07) is 19.3. The highest BCUT2D eigenvalue weighted by Gasteiger charge is 2.10. The number of aromatic nitrogens is 2. The summed E-state index contributed by atoms with van der Waals surface area (Å²) in [5.41, 5.74) is 2.65. The molecule has 0 aliphatic rings. The Morgan fingerprint density at radius 2 is 1.70 bits per heavy atom. The van der Waals surface area contributed by atoms with E-state index in [1.54, 1.807) is 20.5 Å². The van der Waals surface area contributed by atoms with Gasteiger partial charge in [-0.3, -0.25) is 0 Å². The highest BCUT2D eigenvalue weighted by Crippen LogP contribution is 2.33. The molecule has 0 amide bonds. The summed E-state index contributed by atoms with van der Waals surface area (Å²) in [4.78, 5) is 8.70. The van der Waals surface area contributed by atoms with Gasteiger partial charge in [-0.25, -0.2) is 9.97 Å². The average molecular weight is 466 g/mol. The van der Waals surface area contributed by atoms with Crippen molar-refractivity contribution in [3.63, 3.8) is 0 Å². The van der Waals surface area contributed by atoms with E-state index in [4.69, 9.17) is 14.2 Å². The number of methoxy groups -OCH3 is 2. The third kappa shape index (κ3) is 4.31. The van der Waals surface area contributed by atoms with Crippen LogP contribution in [0.5, 0.6) is 17.2 Å². The molecule has 0 aliphatic heterocycles. The number of benzene rings is 3. The van der Waals surface area contributed by atoms with Gasteiger partial charge >= 0.3 is 0 Å². The fourth-order valence-corrected chi connectivity index (χ4v) is 3.47. The molecule has 0 fully saturated rings. The minimum Gasteiger partial charge on any atom is -0.496 e. The second-order valence-electron chi connectivity index (χ2n) is 6.47. The fourth-order valence-electron chi connectivity index (χ4n) is 3.11. The summed E-state index contributed by atoms with van der Waals surface area (Å²) < 4.78 is 17.9. The van der Waals surface area contributed by atoms with E-state index in [1.807, 2.05) is 60.7 Å². The van der Waals surface area contributed by atoms with Crippen molar-refractivity contribution in [2.75, 3.05) is 19.5 Å². The van der Waals surface area contributed by atoms with Crippen LogP contribution in [0.4, 0.5) is 11.5 Å². The normalized spacial score (nSPS) is 10.6. The van der Waals surface area contributed by atoms with Crippen molar-refractivity contribution >= 4 is 38.3 Å². The van der Waals surface area contributed by atoms with Gasteiger partial charge < -0.3 is 19.5 Å². The maximum absolute atomic E-state index is 5.98. The highest BCUT2D eigenvalue weighted by atomic mass is 79.9. The second-order valence-corrected chi connectivity index (χ2v) is 7.39. The van der Waals surface area contributed by atoms with Gasteiger partial charge in [0.2, 0.25) is 0 Å². The molecule has 3 aromatic carbocycles. The molecule has 4 rings (SSSR count). The maximum atomic E-state index is 5.98. The van der Waals surface area contributed by atoms with Crippen molar-refractivity contribution < 1.29 is 14.2 Å². The van der Waals surface area contributed by atoms with Crippen LogP contribution in [-0.2, 0) is 6.61 Å². The Morgan fingerprint density at radius 3 is 2.53 bits per heavy atom. The van der Waals surface area contributed by atoms with E-state index in [1.165, 1.54) is 0 Å². The molecule has 0 radical (unpaired) electrons. The van der Waals surface area contributed by atoms with Crippen LogP contribution in [0.25, 0.3) is 10.9 Å². The molecule has 6 nitrogen and oxygen atoms in total. The molecule has 0 saturated carbocycles. The van der Waals surface area contributed by atoms with Gasteiger partial charge in [-0.15, -0.1) is 0 Å². The lowest BCUT2D eigenvalue weighted by atomic mass is 10.2. The summed E-state index contributed by atoms with van der Waals surface area (Å²) in [5, 5.41) is 4.26. The predicted octanol–water partition coefficient (Wildman–Crippen LogP) is 5.73. The number of nitrogens with zero attached hydrogens (tertiary/aromatic N) is 2. The van der Waals surface area contributed by atoms with Gasteiger partial charge in [-0.2, -0.15) is 0 Å². The van der Waals surface area contributed by atoms with Gasteiger partial charge in [0.25, 0.3) is 0 Å². The van der Waals surface area contributed by atoms with Gasteiger partial charge in [0.15, 0.2) is 11.5 Å². The second kappa shape index (κ2) is 9.00. The van der Waals surface area contributed by atoms with E-state index >= 15 is 0 Å².